The predicted octanol–water partition coefficient (Wildman–Crippen LogP) is 4.61. The van der Waals surface area contributed by atoms with E-state index in [-0.39, 0.29) is 6.04 Å². The second-order valence-electron chi connectivity index (χ2n) is 5.75. The lowest BCUT2D eigenvalue weighted by atomic mass is 10.0. The summed E-state index contributed by atoms with van der Waals surface area (Å²) in [4.78, 5) is 4.34. The molecule has 0 aliphatic rings. The summed E-state index contributed by atoms with van der Waals surface area (Å²) in [7, 11) is 1.71. The van der Waals surface area contributed by atoms with Gasteiger partial charge in [-0.1, -0.05) is 48.5 Å². The van der Waals surface area contributed by atoms with Crippen molar-refractivity contribution in [2.75, 3.05) is 7.11 Å². The highest BCUT2D eigenvalue weighted by atomic mass is 16.5. The number of nitrogens with one attached hydrogen (secondary N) is 1. The quantitative estimate of drug-likeness (QED) is 0.721. The normalized spacial score (nSPS) is 11.9. The molecule has 0 aliphatic carbocycles. The van der Waals surface area contributed by atoms with Gasteiger partial charge in [-0.15, -0.1) is 0 Å². The van der Waals surface area contributed by atoms with Crippen LogP contribution in [0.3, 0.4) is 0 Å². The average Bonchev–Trinajstić information content (AvgIpc) is 2.67. The smallest absolute Gasteiger partial charge is 0.126 e. The molecule has 1 N–H and O–H groups in total. The summed E-state index contributed by atoms with van der Waals surface area (Å²) in [6.07, 6.45) is 1.82. The molecular formula is C21H22N2O. The van der Waals surface area contributed by atoms with Crippen LogP contribution in [0.1, 0.15) is 24.2 Å². The van der Waals surface area contributed by atoms with Crippen molar-refractivity contribution >= 4 is 0 Å². The van der Waals surface area contributed by atoms with Crippen LogP contribution in [0.15, 0.2) is 72.9 Å². The van der Waals surface area contributed by atoms with E-state index in [4.69, 9.17) is 4.74 Å². The molecule has 0 aliphatic heterocycles. The number of nitrogens with zero attached hydrogens (tertiary/aromatic N) is 1. The van der Waals surface area contributed by atoms with Crippen molar-refractivity contribution in [2.45, 2.75) is 19.5 Å². The molecule has 0 fully saturated rings. The third-order valence-corrected chi connectivity index (χ3v) is 4.14. The molecule has 0 radical (unpaired) electrons. The second-order valence-corrected chi connectivity index (χ2v) is 5.75. The molecule has 1 heterocycles. The highest BCUT2D eigenvalue weighted by molar-refractivity contribution is 5.70. The number of para-hydroxylation sites is 1. The zero-order valence-electron chi connectivity index (χ0n) is 14.1. The minimum Gasteiger partial charge on any atom is -0.496 e. The van der Waals surface area contributed by atoms with Crippen molar-refractivity contribution in [1.82, 2.24) is 10.3 Å². The van der Waals surface area contributed by atoms with Crippen molar-refractivity contribution in [3.63, 3.8) is 0 Å². The van der Waals surface area contributed by atoms with Crippen LogP contribution in [0.5, 0.6) is 5.75 Å². The third-order valence-electron chi connectivity index (χ3n) is 4.14. The fourth-order valence-corrected chi connectivity index (χ4v) is 2.71. The molecule has 2 aromatic carbocycles. The maximum absolute atomic E-state index is 5.45. The van der Waals surface area contributed by atoms with Crippen molar-refractivity contribution in [1.29, 1.82) is 0 Å². The Morgan fingerprint density at radius 2 is 1.71 bits per heavy atom. The number of hydrogen-bond donors (Lipinski definition) is 1. The first-order valence-electron chi connectivity index (χ1n) is 8.14. The first kappa shape index (κ1) is 16.2. The van der Waals surface area contributed by atoms with E-state index in [0.29, 0.717) is 0 Å². The van der Waals surface area contributed by atoms with E-state index in [1.165, 1.54) is 5.56 Å². The van der Waals surface area contributed by atoms with E-state index >= 15 is 0 Å². The molecule has 0 saturated heterocycles. The number of aromatic nitrogens is 1. The van der Waals surface area contributed by atoms with Crippen molar-refractivity contribution in [3.8, 4) is 16.9 Å². The summed E-state index contributed by atoms with van der Waals surface area (Å²) in [6, 6.07) is 22.9. The highest BCUT2D eigenvalue weighted by Crippen LogP contribution is 2.30. The maximum atomic E-state index is 5.45. The number of ether oxygens (including phenoxy) is 1. The molecule has 0 unspecified atom stereocenters. The Morgan fingerprint density at radius 1 is 0.958 bits per heavy atom. The Balaban J connectivity index is 1.70. The monoisotopic (exact) mass is 318 g/mol. The number of hydrogen-bond acceptors (Lipinski definition) is 3. The summed E-state index contributed by atoms with van der Waals surface area (Å²) in [6.45, 7) is 2.93. The Bertz CT molecular complexity index is 769. The Morgan fingerprint density at radius 3 is 2.42 bits per heavy atom. The number of benzene rings is 2. The summed E-state index contributed by atoms with van der Waals surface area (Å²) >= 11 is 0. The van der Waals surface area contributed by atoms with Gasteiger partial charge in [0.2, 0.25) is 0 Å². The van der Waals surface area contributed by atoms with Gasteiger partial charge in [-0.2, -0.15) is 0 Å². The molecule has 0 spiro atoms. The number of pyridine rings is 1. The molecule has 3 aromatic rings. The Hall–Kier alpha value is -2.65. The van der Waals surface area contributed by atoms with Crippen LogP contribution in [-0.2, 0) is 6.54 Å². The van der Waals surface area contributed by atoms with Gasteiger partial charge in [0.15, 0.2) is 0 Å². The van der Waals surface area contributed by atoms with Gasteiger partial charge < -0.3 is 10.1 Å². The third kappa shape index (κ3) is 3.81. The van der Waals surface area contributed by atoms with E-state index < -0.39 is 0 Å². The molecule has 1 aromatic heterocycles. The highest BCUT2D eigenvalue weighted by Gasteiger charge is 2.08. The van der Waals surface area contributed by atoms with Crippen molar-refractivity contribution in [3.05, 3.63) is 84.2 Å². The zero-order valence-corrected chi connectivity index (χ0v) is 14.1. The van der Waals surface area contributed by atoms with E-state index in [1.54, 1.807) is 7.11 Å². The predicted molar refractivity (Wildman–Crippen MR) is 97.9 cm³/mol. The van der Waals surface area contributed by atoms with Crippen LogP contribution in [0.25, 0.3) is 11.1 Å². The maximum Gasteiger partial charge on any atom is 0.126 e. The summed E-state index contributed by atoms with van der Waals surface area (Å²) in [5, 5.41) is 3.51. The summed E-state index contributed by atoms with van der Waals surface area (Å²) in [5.41, 5.74) is 4.58. The minimum absolute atomic E-state index is 0.263. The standard InChI is InChI=1S/C21H22N2O/c1-16(23-15-19-7-5-6-14-22-19)17-10-12-18(13-11-17)20-8-3-4-9-21(20)24-2/h3-14,16,23H,15H2,1-2H3/t16-/m1/s1. The molecule has 1 atom stereocenters. The lowest BCUT2D eigenvalue weighted by Gasteiger charge is -2.15. The Kier molecular flexibility index (Phi) is 5.24. The van der Waals surface area contributed by atoms with Crippen LogP contribution in [-0.4, -0.2) is 12.1 Å². The molecule has 3 nitrogen and oxygen atoms in total. The largest absolute Gasteiger partial charge is 0.496 e. The van der Waals surface area contributed by atoms with Gasteiger partial charge in [0, 0.05) is 24.3 Å². The summed E-state index contributed by atoms with van der Waals surface area (Å²) < 4.78 is 5.45. The van der Waals surface area contributed by atoms with E-state index in [2.05, 4.69) is 47.6 Å². The van der Waals surface area contributed by atoms with Gasteiger partial charge in [-0.3, -0.25) is 4.98 Å². The molecule has 0 saturated carbocycles. The van der Waals surface area contributed by atoms with Gasteiger partial charge in [0.1, 0.15) is 5.75 Å². The van der Waals surface area contributed by atoms with Crippen LogP contribution >= 0.6 is 0 Å². The lowest BCUT2D eigenvalue weighted by molar-refractivity contribution is 0.416. The molecular weight excluding hydrogens is 296 g/mol. The van der Waals surface area contributed by atoms with E-state index in [1.807, 2.05) is 42.6 Å². The van der Waals surface area contributed by atoms with Gasteiger partial charge in [0.25, 0.3) is 0 Å². The van der Waals surface area contributed by atoms with E-state index in [9.17, 15) is 0 Å². The minimum atomic E-state index is 0.263. The second kappa shape index (κ2) is 7.75. The van der Waals surface area contributed by atoms with Gasteiger partial charge in [0.05, 0.1) is 12.8 Å². The fraction of sp³-hybridized carbons (Fsp3) is 0.190. The Labute approximate surface area is 143 Å². The molecule has 0 bridgehead atoms. The van der Waals surface area contributed by atoms with Crippen molar-refractivity contribution < 1.29 is 4.74 Å². The molecule has 24 heavy (non-hydrogen) atoms. The lowest BCUT2D eigenvalue weighted by Crippen LogP contribution is -2.18. The SMILES string of the molecule is COc1ccccc1-c1ccc([C@@H](C)NCc2ccccn2)cc1. The van der Waals surface area contributed by atoms with Crippen LogP contribution < -0.4 is 10.1 Å². The first-order chi connectivity index (χ1) is 11.8. The van der Waals surface area contributed by atoms with E-state index in [0.717, 1.165) is 29.1 Å². The first-order valence-corrected chi connectivity index (χ1v) is 8.14. The van der Waals surface area contributed by atoms with Crippen LogP contribution in [0.4, 0.5) is 0 Å². The summed E-state index contributed by atoms with van der Waals surface area (Å²) in [5.74, 6) is 0.895. The fourth-order valence-electron chi connectivity index (χ4n) is 2.71. The molecule has 3 heteroatoms. The molecule has 0 amide bonds. The van der Waals surface area contributed by atoms with Crippen molar-refractivity contribution in [2.24, 2.45) is 0 Å². The van der Waals surface area contributed by atoms with Gasteiger partial charge in [-0.05, 0) is 36.2 Å². The van der Waals surface area contributed by atoms with Gasteiger partial charge >= 0.3 is 0 Å². The number of rotatable bonds is 6. The number of methoxy groups -OCH3 is 1. The molecule has 3 rings (SSSR count). The zero-order chi connectivity index (χ0) is 16.8. The van der Waals surface area contributed by atoms with Gasteiger partial charge in [-0.25, -0.2) is 0 Å². The topological polar surface area (TPSA) is 34.1 Å². The average molecular weight is 318 g/mol. The molecule has 122 valence electrons. The van der Waals surface area contributed by atoms with Crippen LogP contribution in [0, 0.1) is 0 Å². The van der Waals surface area contributed by atoms with Crippen LogP contribution in [0.2, 0.25) is 0 Å².